The molecule has 1 aromatic heterocycles. The summed E-state index contributed by atoms with van der Waals surface area (Å²) in [5.74, 6) is 3.59. The molecule has 0 aliphatic carbocycles. The van der Waals surface area contributed by atoms with E-state index < -0.39 is 0 Å². The lowest BCUT2D eigenvalue weighted by Crippen LogP contribution is -2.09. The summed E-state index contributed by atoms with van der Waals surface area (Å²) in [4.78, 5) is 4.88. The van der Waals surface area contributed by atoms with Gasteiger partial charge < -0.3 is 14.2 Å². The smallest absolute Gasteiger partial charge is 0.181 e. The largest absolute Gasteiger partial charge is 0.497 e. The summed E-state index contributed by atoms with van der Waals surface area (Å²) < 4.78 is 18.4. The Hall–Kier alpha value is -3.80. The number of rotatable bonds is 5. The zero-order valence-corrected chi connectivity index (χ0v) is 17.0. The van der Waals surface area contributed by atoms with Crippen molar-refractivity contribution in [2.24, 2.45) is 0 Å². The molecule has 6 heteroatoms. The van der Waals surface area contributed by atoms with E-state index in [1.165, 1.54) is 0 Å². The average molecular weight is 399 g/mol. The van der Waals surface area contributed by atoms with Crippen LogP contribution in [0.5, 0.6) is 17.2 Å². The van der Waals surface area contributed by atoms with Crippen LogP contribution in [-0.2, 0) is 0 Å². The number of fused-ring (bicyclic) bond motifs is 3. The fraction of sp³-hybridized carbons (Fsp3) is 0.167. The van der Waals surface area contributed by atoms with Gasteiger partial charge >= 0.3 is 0 Å². The molecular formula is C24H21N3O3. The number of methoxy groups -OCH3 is 3. The van der Waals surface area contributed by atoms with Crippen LogP contribution in [0.15, 0.2) is 66.7 Å². The number of ether oxygens (including phenoxy) is 3. The molecule has 2 heterocycles. The van der Waals surface area contributed by atoms with E-state index in [1.54, 1.807) is 21.3 Å². The number of benzene rings is 3. The van der Waals surface area contributed by atoms with E-state index in [9.17, 15) is 0 Å². The third kappa shape index (κ3) is 2.80. The first kappa shape index (κ1) is 18.2. The SMILES string of the molecule is COc1cccc(-c2nc3n(n2)C(c2ccccc2)c2cc(OC)c(OC)cc2-3)c1. The maximum Gasteiger partial charge on any atom is 0.181 e. The van der Waals surface area contributed by atoms with Crippen LogP contribution < -0.4 is 14.2 Å². The summed E-state index contributed by atoms with van der Waals surface area (Å²) in [5.41, 5.74) is 4.12. The molecule has 0 radical (unpaired) electrons. The van der Waals surface area contributed by atoms with Gasteiger partial charge in [-0.3, -0.25) is 0 Å². The lowest BCUT2D eigenvalue weighted by atomic mass is 9.97. The molecule has 0 bridgehead atoms. The van der Waals surface area contributed by atoms with Gasteiger partial charge in [-0.1, -0.05) is 42.5 Å². The van der Waals surface area contributed by atoms with Crippen molar-refractivity contribution in [1.29, 1.82) is 0 Å². The second-order valence-corrected chi connectivity index (χ2v) is 7.04. The molecule has 3 aromatic carbocycles. The topological polar surface area (TPSA) is 58.4 Å². The Morgan fingerprint density at radius 2 is 1.57 bits per heavy atom. The Bertz CT molecular complexity index is 1220. The van der Waals surface area contributed by atoms with E-state index in [0.29, 0.717) is 17.3 Å². The highest BCUT2D eigenvalue weighted by atomic mass is 16.5. The van der Waals surface area contributed by atoms with Crippen LogP contribution in [0, 0.1) is 0 Å². The Labute approximate surface area is 174 Å². The zero-order chi connectivity index (χ0) is 20.7. The van der Waals surface area contributed by atoms with Crippen LogP contribution in [0.25, 0.3) is 22.8 Å². The Balaban J connectivity index is 1.72. The van der Waals surface area contributed by atoms with E-state index in [1.807, 2.05) is 59.3 Å². The minimum absolute atomic E-state index is 0.0946. The molecular weight excluding hydrogens is 378 g/mol. The van der Waals surface area contributed by atoms with Gasteiger partial charge in [-0.2, -0.15) is 0 Å². The van der Waals surface area contributed by atoms with Gasteiger partial charge in [0.25, 0.3) is 0 Å². The van der Waals surface area contributed by atoms with Gasteiger partial charge in [0, 0.05) is 11.1 Å². The molecule has 30 heavy (non-hydrogen) atoms. The maximum atomic E-state index is 5.55. The molecule has 1 aliphatic heterocycles. The Kier molecular flexibility index (Phi) is 4.39. The molecule has 4 aromatic rings. The number of hydrogen-bond acceptors (Lipinski definition) is 5. The second kappa shape index (κ2) is 7.22. The van der Waals surface area contributed by atoms with Gasteiger partial charge in [0.1, 0.15) is 11.8 Å². The lowest BCUT2D eigenvalue weighted by Gasteiger charge is -2.16. The highest BCUT2D eigenvalue weighted by Crippen LogP contribution is 2.47. The molecule has 0 saturated heterocycles. The van der Waals surface area contributed by atoms with Gasteiger partial charge in [0.2, 0.25) is 0 Å². The third-order valence-electron chi connectivity index (χ3n) is 5.41. The van der Waals surface area contributed by atoms with Crippen LogP contribution in [0.1, 0.15) is 17.2 Å². The first-order valence-corrected chi connectivity index (χ1v) is 9.65. The first-order chi connectivity index (χ1) is 14.7. The molecule has 0 spiro atoms. The van der Waals surface area contributed by atoms with Gasteiger partial charge in [-0.25, -0.2) is 9.67 Å². The maximum absolute atomic E-state index is 5.55. The van der Waals surface area contributed by atoms with Crippen molar-refractivity contribution in [1.82, 2.24) is 14.8 Å². The molecule has 0 fully saturated rings. The highest BCUT2D eigenvalue weighted by Gasteiger charge is 2.34. The molecule has 0 saturated carbocycles. The molecule has 6 nitrogen and oxygen atoms in total. The van der Waals surface area contributed by atoms with Gasteiger partial charge in [0.05, 0.1) is 21.3 Å². The number of hydrogen-bond donors (Lipinski definition) is 0. The summed E-state index contributed by atoms with van der Waals surface area (Å²) in [6.45, 7) is 0. The quantitative estimate of drug-likeness (QED) is 0.433. The lowest BCUT2D eigenvalue weighted by molar-refractivity contribution is 0.354. The molecule has 0 N–H and O–H groups in total. The van der Waals surface area contributed by atoms with E-state index >= 15 is 0 Å². The predicted molar refractivity (Wildman–Crippen MR) is 114 cm³/mol. The van der Waals surface area contributed by atoms with Crippen molar-refractivity contribution in [2.45, 2.75) is 6.04 Å². The van der Waals surface area contributed by atoms with E-state index in [4.69, 9.17) is 24.3 Å². The number of aromatic nitrogens is 3. The molecule has 150 valence electrons. The van der Waals surface area contributed by atoms with Crippen LogP contribution in [0.4, 0.5) is 0 Å². The van der Waals surface area contributed by atoms with Crippen molar-refractivity contribution < 1.29 is 14.2 Å². The van der Waals surface area contributed by atoms with E-state index in [-0.39, 0.29) is 6.04 Å². The summed E-state index contributed by atoms with van der Waals surface area (Å²) in [7, 11) is 4.94. The standard InChI is InChI=1S/C24H21N3O3/c1-28-17-11-7-10-16(12-17)23-25-24-19-14-21(30-3)20(29-2)13-18(19)22(27(24)26-23)15-8-5-4-6-9-15/h4-14,22H,1-3H3. The second-order valence-electron chi connectivity index (χ2n) is 7.04. The summed E-state index contributed by atoms with van der Waals surface area (Å²) in [5, 5.41) is 4.89. The Morgan fingerprint density at radius 1 is 0.800 bits per heavy atom. The number of nitrogens with zero attached hydrogens (tertiary/aromatic N) is 3. The summed E-state index contributed by atoms with van der Waals surface area (Å²) in [6.07, 6.45) is 0. The van der Waals surface area contributed by atoms with Crippen LogP contribution in [0.3, 0.4) is 0 Å². The summed E-state index contributed by atoms with van der Waals surface area (Å²) in [6, 6.07) is 22.0. The van der Waals surface area contributed by atoms with Gasteiger partial charge in [-0.15, -0.1) is 5.10 Å². The zero-order valence-electron chi connectivity index (χ0n) is 17.0. The van der Waals surface area contributed by atoms with E-state index in [2.05, 4.69) is 12.1 Å². The molecule has 1 unspecified atom stereocenters. The fourth-order valence-electron chi connectivity index (χ4n) is 3.97. The third-order valence-corrected chi connectivity index (χ3v) is 5.41. The minimum Gasteiger partial charge on any atom is -0.497 e. The minimum atomic E-state index is -0.0946. The van der Waals surface area contributed by atoms with Crippen LogP contribution in [0.2, 0.25) is 0 Å². The highest BCUT2D eigenvalue weighted by molar-refractivity contribution is 5.74. The van der Waals surface area contributed by atoms with Crippen LogP contribution >= 0.6 is 0 Å². The van der Waals surface area contributed by atoms with Crippen molar-refractivity contribution >= 4 is 0 Å². The van der Waals surface area contributed by atoms with Crippen molar-refractivity contribution in [3.8, 4) is 40.0 Å². The van der Waals surface area contributed by atoms with Crippen LogP contribution in [-0.4, -0.2) is 36.1 Å². The van der Waals surface area contributed by atoms with E-state index in [0.717, 1.165) is 33.8 Å². The summed E-state index contributed by atoms with van der Waals surface area (Å²) >= 11 is 0. The van der Waals surface area contributed by atoms with Crippen molar-refractivity contribution in [3.05, 3.63) is 77.9 Å². The molecule has 0 amide bonds. The monoisotopic (exact) mass is 399 g/mol. The molecule has 1 atom stereocenters. The van der Waals surface area contributed by atoms with Gasteiger partial charge in [0.15, 0.2) is 23.1 Å². The fourth-order valence-corrected chi connectivity index (χ4v) is 3.97. The predicted octanol–water partition coefficient (Wildman–Crippen LogP) is 4.59. The van der Waals surface area contributed by atoms with Gasteiger partial charge in [-0.05, 0) is 35.4 Å². The Morgan fingerprint density at radius 3 is 2.30 bits per heavy atom. The first-order valence-electron chi connectivity index (χ1n) is 9.65. The van der Waals surface area contributed by atoms with Crippen molar-refractivity contribution in [3.63, 3.8) is 0 Å². The normalized spacial score (nSPS) is 14.2. The molecule has 1 aliphatic rings. The molecule has 5 rings (SSSR count). The average Bonchev–Trinajstić information content (AvgIpc) is 3.35. The van der Waals surface area contributed by atoms with Crippen molar-refractivity contribution in [2.75, 3.05) is 21.3 Å².